The normalized spacial score (nSPS) is 24.1. The molecule has 14 heavy (non-hydrogen) atoms. The van der Waals surface area contributed by atoms with Crippen molar-refractivity contribution in [2.75, 3.05) is 6.54 Å². The van der Waals surface area contributed by atoms with E-state index in [2.05, 4.69) is 0 Å². The van der Waals surface area contributed by atoms with Crippen LogP contribution in [-0.4, -0.2) is 29.3 Å². The van der Waals surface area contributed by atoms with E-state index in [1.807, 2.05) is 0 Å². The third-order valence-electron chi connectivity index (χ3n) is 2.81. The van der Waals surface area contributed by atoms with Gasteiger partial charge in [0, 0.05) is 24.2 Å². The average Bonchev–Trinajstić information content (AvgIpc) is 2.91. The number of rotatable bonds is 3. The smallest absolute Gasteiger partial charge is 0.256 e. The van der Waals surface area contributed by atoms with Crippen molar-refractivity contribution >= 4 is 11.8 Å². The third-order valence-corrected chi connectivity index (χ3v) is 2.81. The van der Waals surface area contributed by atoms with Crippen molar-refractivity contribution in [2.45, 2.75) is 25.8 Å². The first-order chi connectivity index (χ1) is 6.59. The van der Waals surface area contributed by atoms with E-state index in [0.717, 1.165) is 12.8 Å². The highest BCUT2D eigenvalue weighted by Crippen LogP contribution is 2.32. The van der Waals surface area contributed by atoms with Gasteiger partial charge in [-0.25, -0.2) is 0 Å². The van der Waals surface area contributed by atoms with Gasteiger partial charge in [0.1, 0.15) is 0 Å². The fourth-order valence-corrected chi connectivity index (χ4v) is 1.69. The maximum absolute atomic E-state index is 11.5. The molecule has 4 nitrogen and oxygen atoms in total. The highest BCUT2D eigenvalue weighted by Gasteiger charge is 2.35. The fraction of sp³-hybridized carbons (Fsp3) is 0.600. The largest absolute Gasteiger partial charge is 0.326 e. The standard InChI is InChI=1S/C10H14N2O2/c1-6-4-9(13)12(10(6)14)5-8(11)7-2-3-7/h4,7-8H,2-3,5,11H2,1H3. The minimum absolute atomic E-state index is 0.0396. The summed E-state index contributed by atoms with van der Waals surface area (Å²) < 4.78 is 0. The van der Waals surface area contributed by atoms with E-state index in [1.54, 1.807) is 6.92 Å². The highest BCUT2D eigenvalue weighted by molar-refractivity contribution is 6.15. The van der Waals surface area contributed by atoms with Gasteiger partial charge in [-0.1, -0.05) is 0 Å². The summed E-state index contributed by atoms with van der Waals surface area (Å²) in [4.78, 5) is 24.1. The minimum atomic E-state index is -0.219. The number of carbonyl (C=O) groups is 2. The molecule has 2 N–H and O–H groups in total. The molecule has 1 atom stereocenters. The Hall–Kier alpha value is -1.16. The lowest BCUT2D eigenvalue weighted by Gasteiger charge is -2.19. The molecule has 0 aromatic rings. The van der Waals surface area contributed by atoms with E-state index >= 15 is 0 Å². The van der Waals surface area contributed by atoms with Crippen LogP contribution in [0.5, 0.6) is 0 Å². The maximum atomic E-state index is 11.5. The van der Waals surface area contributed by atoms with E-state index in [0.29, 0.717) is 18.0 Å². The Morgan fingerprint density at radius 2 is 2.21 bits per heavy atom. The van der Waals surface area contributed by atoms with Gasteiger partial charge >= 0.3 is 0 Å². The molecular formula is C10H14N2O2. The molecule has 1 aliphatic heterocycles. The number of nitrogens with zero attached hydrogens (tertiary/aromatic N) is 1. The van der Waals surface area contributed by atoms with Gasteiger partial charge in [0.05, 0.1) is 0 Å². The van der Waals surface area contributed by atoms with Crippen molar-refractivity contribution in [2.24, 2.45) is 11.7 Å². The molecule has 76 valence electrons. The monoisotopic (exact) mass is 194 g/mol. The Bertz CT molecular complexity index is 318. The van der Waals surface area contributed by atoms with Crippen LogP contribution in [0.1, 0.15) is 19.8 Å². The molecule has 2 amide bonds. The van der Waals surface area contributed by atoms with Gasteiger partial charge in [0.25, 0.3) is 11.8 Å². The predicted molar refractivity (Wildman–Crippen MR) is 51.2 cm³/mol. The second kappa shape index (κ2) is 3.20. The number of hydrogen-bond acceptors (Lipinski definition) is 3. The first-order valence-electron chi connectivity index (χ1n) is 4.89. The highest BCUT2D eigenvalue weighted by atomic mass is 16.2. The van der Waals surface area contributed by atoms with E-state index in [1.165, 1.54) is 11.0 Å². The summed E-state index contributed by atoms with van der Waals surface area (Å²) >= 11 is 0. The summed E-state index contributed by atoms with van der Waals surface area (Å²) in [5, 5.41) is 0. The lowest BCUT2D eigenvalue weighted by atomic mass is 10.2. The molecule has 4 heteroatoms. The predicted octanol–water partition coefficient (Wildman–Crippen LogP) is 0.0388. The van der Waals surface area contributed by atoms with Gasteiger partial charge in [0.2, 0.25) is 0 Å². The van der Waals surface area contributed by atoms with E-state index in [9.17, 15) is 9.59 Å². The second-order valence-corrected chi connectivity index (χ2v) is 4.08. The SMILES string of the molecule is CC1=CC(=O)N(CC(N)C2CC2)C1=O. The topological polar surface area (TPSA) is 63.4 Å². The van der Waals surface area contributed by atoms with E-state index in [-0.39, 0.29) is 17.9 Å². The van der Waals surface area contributed by atoms with Crippen LogP contribution in [0.2, 0.25) is 0 Å². The van der Waals surface area contributed by atoms with Crippen LogP contribution in [-0.2, 0) is 9.59 Å². The maximum Gasteiger partial charge on any atom is 0.256 e. The molecule has 1 fully saturated rings. The van der Waals surface area contributed by atoms with Gasteiger partial charge in [0.15, 0.2) is 0 Å². The molecule has 0 radical (unpaired) electrons. The van der Waals surface area contributed by atoms with Gasteiger partial charge in [-0.2, -0.15) is 0 Å². The van der Waals surface area contributed by atoms with Crippen molar-refractivity contribution in [1.29, 1.82) is 0 Å². The molecule has 0 aromatic carbocycles. The summed E-state index contributed by atoms with van der Waals surface area (Å²) in [6, 6.07) is -0.0396. The van der Waals surface area contributed by atoms with Crippen molar-refractivity contribution in [3.8, 4) is 0 Å². The Kier molecular flexibility index (Phi) is 2.15. The summed E-state index contributed by atoms with van der Waals surface area (Å²) in [7, 11) is 0. The fourth-order valence-electron chi connectivity index (χ4n) is 1.69. The van der Waals surface area contributed by atoms with Crippen LogP contribution in [0, 0.1) is 5.92 Å². The number of amides is 2. The molecule has 0 aromatic heterocycles. The summed E-state index contributed by atoms with van der Waals surface area (Å²) in [6.45, 7) is 2.03. The van der Waals surface area contributed by atoms with Gasteiger partial charge < -0.3 is 5.73 Å². The second-order valence-electron chi connectivity index (χ2n) is 4.08. The van der Waals surface area contributed by atoms with Gasteiger partial charge in [-0.15, -0.1) is 0 Å². The zero-order valence-corrected chi connectivity index (χ0v) is 8.19. The van der Waals surface area contributed by atoms with Crippen molar-refractivity contribution in [3.63, 3.8) is 0 Å². The Balaban J connectivity index is 1.98. The first kappa shape index (κ1) is 9.40. The molecule has 0 bridgehead atoms. The number of carbonyl (C=O) groups excluding carboxylic acids is 2. The molecule has 0 saturated heterocycles. The molecule has 1 aliphatic carbocycles. The lowest BCUT2D eigenvalue weighted by molar-refractivity contribution is -0.137. The van der Waals surface area contributed by atoms with Crippen LogP contribution in [0.25, 0.3) is 0 Å². The third kappa shape index (κ3) is 1.57. The van der Waals surface area contributed by atoms with E-state index in [4.69, 9.17) is 5.73 Å². The Labute approximate surface area is 82.7 Å². The van der Waals surface area contributed by atoms with Crippen LogP contribution in [0.3, 0.4) is 0 Å². The molecule has 1 unspecified atom stereocenters. The summed E-state index contributed by atoms with van der Waals surface area (Å²) in [5.41, 5.74) is 6.37. The van der Waals surface area contributed by atoms with Crippen LogP contribution < -0.4 is 5.73 Å². The minimum Gasteiger partial charge on any atom is -0.326 e. The van der Waals surface area contributed by atoms with Gasteiger partial charge in [-0.3, -0.25) is 14.5 Å². The van der Waals surface area contributed by atoms with Crippen LogP contribution in [0.4, 0.5) is 0 Å². The van der Waals surface area contributed by atoms with Crippen molar-refractivity contribution in [3.05, 3.63) is 11.6 Å². The Morgan fingerprint density at radius 1 is 1.57 bits per heavy atom. The van der Waals surface area contributed by atoms with Crippen LogP contribution in [0.15, 0.2) is 11.6 Å². The Morgan fingerprint density at radius 3 is 2.64 bits per heavy atom. The summed E-state index contributed by atoms with van der Waals surface area (Å²) in [5.74, 6) is 0.103. The average molecular weight is 194 g/mol. The molecular weight excluding hydrogens is 180 g/mol. The molecule has 1 heterocycles. The number of imide groups is 1. The number of hydrogen-bond donors (Lipinski definition) is 1. The molecule has 1 saturated carbocycles. The van der Waals surface area contributed by atoms with Gasteiger partial charge in [-0.05, 0) is 25.7 Å². The van der Waals surface area contributed by atoms with Crippen LogP contribution >= 0.6 is 0 Å². The lowest BCUT2D eigenvalue weighted by Crippen LogP contribution is -2.42. The first-order valence-corrected chi connectivity index (χ1v) is 4.89. The molecule has 2 rings (SSSR count). The zero-order chi connectivity index (χ0) is 10.3. The van der Waals surface area contributed by atoms with Crippen molar-refractivity contribution < 1.29 is 9.59 Å². The zero-order valence-electron chi connectivity index (χ0n) is 8.19. The van der Waals surface area contributed by atoms with E-state index < -0.39 is 0 Å². The van der Waals surface area contributed by atoms with Crippen molar-refractivity contribution in [1.82, 2.24) is 4.90 Å². The molecule has 2 aliphatic rings. The quantitative estimate of drug-likeness (QED) is 0.645. The molecule has 0 spiro atoms. The number of nitrogens with two attached hydrogens (primary N) is 1. The summed E-state index contributed by atoms with van der Waals surface area (Å²) in [6.07, 6.45) is 3.63.